The number of nitrogens with zero attached hydrogens (tertiary/aromatic N) is 6. The summed E-state index contributed by atoms with van der Waals surface area (Å²) in [7, 11) is 0. The van der Waals surface area contributed by atoms with Crippen LogP contribution in [0.25, 0.3) is 11.3 Å². The van der Waals surface area contributed by atoms with Gasteiger partial charge in [-0.2, -0.15) is 0 Å². The van der Waals surface area contributed by atoms with Crippen molar-refractivity contribution in [3.63, 3.8) is 0 Å². The Balaban J connectivity index is 0.000000150. The van der Waals surface area contributed by atoms with Gasteiger partial charge in [-0.25, -0.2) is 19.9 Å². The molecule has 8 rings (SSSR count). The van der Waals surface area contributed by atoms with Crippen LogP contribution in [0.5, 0.6) is 0 Å². The fraction of sp³-hybridized carbons (Fsp3) is 0.297. The molecule has 2 aromatic carbocycles. The number of aromatic nitrogens is 6. The van der Waals surface area contributed by atoms with Crippen LogP contribution in [0.4, 0.5) is 0 Å². The number of nitrogens with one attached hydrogen (secondary N) is 2. The third-order valence-corrected chi connectivity index (χ3v) is 9.20. The Morgan fingerprint density at radius 3 is 1.85 bits per heavy atom. The van der Waals surface area contributed by atoms with Crippen LogP contribution in [0.15, 0.2) is 73.3 Å². The molecule has 2 amide bonds. The molecule has 2 N–H and O–H groups in total. The van der Waals surface area contributed by atoms with Gasteiger partial charge >= 0.3 is 0 Å². The van der Waals surface area contributed by atoms with Gasteiger partial charge < -0.3 is 10.6 Å². The highest BCUT2D eigenvalue weighted by Gasteiger charge is 2.26. The maximum atomic E-state index is 12.7. The van der Waals surface area contributed by atoms with Crippen molar-refractivity contribution in [2.75, 3.05) is 0 Å². The highest BCUT2D eigenvalue weighted by molar-refractivity contribution is 5.98. The van der Waals surface area contributed by atoms with Crippen LogP contribution < -0.4 is 10.6 Å². The summed E-state index contributed by atoms with van der Waals surface area (Å²) < 4.78 is 3.71. The minimum atomic E-state index is -0.160. The molecule has 6 aromatic rings. The van der Waals surface area contributed by atoms with E-state index in [-0.39, 0.29) is 23.9 Å². The first kappa shape index (κ1) is 30.3. The number of benzene rings is 2. The molecule has 47 heavy (non-hydrogen) atoms. The summed E-state index contributed by atoms with van der Waals surface area (Å²) in [5.74, 6) is -0.300. The van der Waals surface area contributed by atoms with E-state index in [9.17, 15) is 9.59 Å². The molecule has 2 aliphatic rings. The van der Waals surface area contributed by atoms with Crippen molar-refractivity contribution in [2.24, 2.45) is 0 Å². The van der Waals surface area contributed by atoms with Crippen LogP contribution in [0.3, 0.4) is 0 Å². The fourth-order valence-corrected chi connectivity index (χ4v) is 6.88. The van der Waals surface area contributed by atoms with Crippen molar-refractivity contribution in [3.05, 3.63) is 130 Å². The molecule has 2 unspecified atom stereocenters. The van der Waals surface area contributed by atoms with Crippen molar-refractivity contribution in [1.29, 1.82) is 0 Å². The lowest BCUT2D eigenvalue weighted by Crippen LogP contribution is -2.39. The Kier molecular flexibility index (Phi) is 8.01. The molecule has 0 saturated heterocycles. The summed E-state index contributed by atoms with van der Waals surface area (Å²) in [6.07, 6.45) is 8.10. The van der Waals surface area contributed by atoms with E-state index in [1.807, 2.05) is 60.8 Å². The van der Waals surface area contributed by atoms with E-state index < -0.39 is 0 Å². The van der Waals surface area contributed by atoms with Gasteiger partial charge in [-0.15, -0.1) is 0 Å². The molecular formula is C37H38N8O2. The Bertz CT molecular complexity index is 2150. The number of amides is 2. The zero-order chi connectivity index (χ0) is 32.7. The maximum absolute atomic E-state index is 12.7. The molecular weight excluding hydrogens is 588 g/mol. The predicted molar refractivity (Wildman–Crippen MR) is 180 cm³/mol. The van der Waals surface area contributed by atoms with E-state index in [1.165, 1.54) is 22.3 Å². The lowest BCUT2D eigenvalue weighted by molar-refractivity contribution is 0.0923. The van der Waals surface area contributed by atoms with Crippen molar-refractivity contribution in [3.8, 4) is 0 Å². The van der Waals surface area contributed by atoms with Crippen LogP contribution in [-0.4, -0.2) is 46.6 Å². The first-order chi connectivity index (χ1) is 22.7. The molecule has 4 heterocycles. The van der Waals surface area contributed by atoms with E-state index in [0.717, 1.165) is 54.9 Å². The van der Waals surface area contributed by atoms with Crippen LogP contribution in [0.2, 0.25) is 0 Å². The summed E-state index contributed by atoms with van der Waals surface area (Å²) in [6, 6.07) is 20.9. The van der Waals surface area contributed by atoms with Gasteiger partial charge in [0.1, 0.15) is 12.7 Å². The van der Waals surface area contributed by atoms with Crippen LogP contribution in [-0.2, 0) is 19.3 Å². The van der Waals surface area contributed by atoms with E-state index in [4.69, 9.17) is 0 Å². The molecule has 2 atom stereocenters. The van der Waals surface area contributed by atoms with E-state index in [2.05, 4.69) is 67.0 Å². The number of hydrogen-bond acceptors (Lipinski definition) is 6. The van der Waals surface area contributed by atoms with Gasteiger partial charge in [0.15, 0.2) is 22.7 Å². The molecule has 10 heteroatoms. The average Bonchev–Trinajstić information content (AvgIpc) is 3.79. The largest absolute Gasteiger partial charge is 0.348 e. The molecule has 0 spiro atoms. The van der Waals surface area contributed by atoms with Gasteiger partial charge in [-0.3, -0.25) is 18.4 Å². The molecule has 10 nitrogen and oxygen atoms in total. The molecule has 4 aromatic heterocycles. The number of carbonyl (C=O) groups excluding carboxylic acids is 2. The van der Waals surface area contributed by atoms with Gasteiger partial charge in [0, 0.05) is 28.8 Å². The number of imidazole rings is 2. The lowest BCUT2D eigenvalue weighted by atomic mass is 9.88. The molecule has 0 fully saturated rings. The number of aryl methyl sites for hydroxylation is 6. The van der Waals surface area contributed by atoms with Crippen molar-refractivity contribution >= 4 is 23.1 Å². The van der Waals surface area contributed by atoms with Gasteiger partial charge in [-0.1, -0.05) is 48.5 Å². The summed E-state index contributed by atoms with van der Waals surface area (Å²) in [6.45, 7) is 7.83. The van der Waals surface area contributed by atoms with E-state index in [1.54, 1.807) is 12.7 Å². The third-order valence-electron chi connectivity index (χ3n) is 9.20. The van der Waals surface area contributed by atoms with Gasteiger partial charge in [0.2, 0.25) is 0 Å². The number of carbonyl (C=O) groups is 2. The second-order valence-corrected chi connectivity index (χ2v) is 12.6. The Morgan fingerprint density at radius 1 is 0.681 bits per heavy atom. The summed E-state index contributed by atoms with van der Waals surface area (Å²) >= 11 is 0. The SMILES string of the molecule is Cc1cc(C)n2cnc(C(=O)NC3CCc4ccccc43)c2n1.Cc1cc(C)n2cnc(C(=O)NC3CCc4ccccc4C3)c2n1. The summed E-state index contributed by atoms with van der Waals surface area (Å²) in [5.41, 5.74) is 11.1. The summed E-state index contributed by atoms with van der Waals surface area (Å²) in [5, 5.41) is 6.25. The normalized spacial score (nSPS) is 16.7. The second-order valence-electron chi connectivity index (χ2n) is 12.6. The quantitative estimate of drug-likeness (QED) is 0.271. The molecule has 0 saturated carbocycles. The molecule has 0 bridgehead atoms. The maximum Gasteiger partial charge on any atom is 0.274 e. The average molecular weight is 627 g/mol. The predicted octanol–water partition coefficient (Wildman–Crippen LogP) is 5.40. The molecule has 238 valence electrons. The Hall–Kier alpha value is -5.38. The minimum absolute atomic E-state index is 0.0568. The minimum Gasteiger partial charge on any atom is -0.348 e. The first-order valence-electron chi connectivity index (χ1n) is 16.1. The van der Waals surface area contributed by atoms with Gasteiger partial charge in [0.25, 0.3) is 11.8 Å². The zero-order valence-corrected chi connectivity index (χ0v) is 27.1. The van der Waals surface area contributed by atoms with Crippen LogP contribution in [0, 0.1) is 27.7 Å². The van der Waals surface area contributed by atoms with Gasteiger partial charge in [0.05, 0.1) is 6.04 Å². The smallest absolute Gasteiger partial charge is 0.274 e. The number of rotatable bonds is 4. The molecule has 0 radical (unpaired) electrons. The standard InChI is InChI=1S/C19H20N4O.C18H18N4O/c1-12-9-13(2)23-11-20-17(18(23)21-12)19(24)22-16-8-7-14-5-3-4-6-15(14)10-16;1-11-9-12(2)22-10-19-16(17(22)20-11)18(23)21-15-8-7-13-5-3-4-6-14(13)15/h3-6,9,11,16H,7-8,10H2,1-2H3,(H,22,24);3-6,9-10,15H,7-8H2,1-2H3,(H,21,23). The molecule has 0 aliphatic heterocycles. The highest BCUT2D eigenvalue weighted by Crippen LogP contribution is 2.31. The van der Waals surface area contributed by atoms with Gasteiger partial charge in [-0.05, 0) is 94.2 Å². The number of hydrogen-bond donors (Lipinski definition) is 2. The fourth-order valence-electron chi connectivity index (χ4n) is 6.88. The third kappa shape index (κ3) is 5.98. The second kappa shape index (κ2) is 12.4. The van der Waals surface area contributed by atoms with E-state index in [0.29, 0.717) is 22.7 Å². The highest BCUT2D eigenvalue weighted by atomic mass is 16.2. The van der Waals surface area contributed by atoms with Crippen LogP contribution in [0.1, 0.15) is 84.9 Å². The summed E-state index contributed by atoms with van der Waals surface area (Å²) in [4.78, 5) is 42.9. The first-order valence-corrected chi connectivity index (χ1v) is 16.1. The lowest BCUT2D eigenvalue weighted by Gasteiger charge is -2.25. The van der Waals surface area contributed by atoms with E-state index >= 15 is 0 Å². The van der Waals surface area contributed by atoms with Crippen molar-refractivity contribution in [1.82, 2.24) is 39.4 Å². The monoisotopic (exact) mass is 626 g/mol. The van der Waals surface area contributed by atoms with Crippen molar-refractivity contribution < 1.29 is 9.59 Å². The van der Waals surface area contributed by atoms with Crippen LogP contribution >= 0.6 is 0 Å². The Labute approximate surface area is 273 Å². The Morgan fingerprint density at radius 2 is 1.21 bits per heavy atom. The zero-order valence-electron chi connectivity index (χ0n) is 27.1. The topological polar surface area (TPSA) is 119 Å². The number of fused-ring (bicyclic) bond motifs is 4. The van der Waals surface area contributed by atoms with Crippen molar-refractivity contribution in [2.45, 2.75) is 71.9 Å². The molecule has 2 aliphatic carbocycles.